The van der Waals surface area contributed by atoms with Crippen LogP contribution in [0, 0.1) is 16.7 Å². The quantitative estimate of drug-likeness (QED) is 0.868. The second-order valence-corrected chi connectivity index (χ2v) is 5.03. The van der Waals surface area contributed by atoms with E-state index in [2.05, 4.69) is 18.3 Å². The standard InChI is InChI=1S/C13H17ClN2/c1-10(16-9-13(2,3)8-15)11-6-4-5-7-12(11)14/h4-7,10,16H,9H2,1-3H3. The molecule has 0 aliphatic carbocycles. The number of nitrogens with zero attached hydrogens (tertiary/aromatic N) is 1. The van der Waals surface area contributed by atoms with Crippen LogP contribution in [0.3, 0.4) is 0 Å². The minimum absolute atomic E-state index is 0.154. The van der Waals surface area contributed by atoms with Crippen molar-refractivity contribution in [2.45, 2.75) is 26.8 Å². The zero-order chi connectivity index (χ0) is 12.2. The number of halogens is 1. The Bertz CT molecular complexity index is 393. The molecule has 1 atom stereocenters. The van der Waals surface area contributed by atoms with Gasteiger partial charge in [0.1, 0.15) is 0 Å². The number of nitriles is 1. The van der Waals surface area contributed by atoms with Crippen molar-refractivity contribution in [1.82, 2.24) is 5.32 Å². The van der Waals surface area contributed by atoms with Crippen molar-refractivity contribution in [2.75, 3.05) is 6.54 Å². The van der Waals surface area contributed by atoms with E-state index < -0.39 is 0 Å². The van der Waals surface area contributed by atoms with E-state index >= 15 is 0 Å². The topological polar surface area (TPSA) is 35.8 Å². The van der Waals surface area contributed by atoms with Crippen LogP contribution in [0.4, 0.5) is 0 Å². The van der Waals surface area contributed by atoms with Gasteiger partial charge >= 0.3 is 0 Å². The Balaban J connectivity index is 2.64. The molecule has 1 aromatic rings. The van der Waals surface area contributed by atoms with Crippen molar-refractivity contribution in [2.24, 2.45) is 5.41 Å². The highest BCUT2D eigenvalue weighted by Gasteiger charge is 2.18. The van der Waals surface area contributed by atoms with Crippen LogP contribution in [0.1, 0.15) is 32.4 Å². The molecule has 16 heavy (non-hydrogen) atoms. The Hall–Kier alpha value is -1.04. The van der Waals surface area contributed by atoms with Crippen LogP contribution in [-0.2, 0) is 0 Å². The van der Waals surface area contributed by atoms with Gasteiger partial charge in [0.05, 0.1) is 11.5 Å². The summed E-state index contributed by atoms with van der Waals surface area (Å²) in [4.78, 5) is 0. The van der Waals surface area contributed by atoms with E-state index in [1.807, 2.05) is 38.1 Å². The summed E-state index contributed by atoms with van der Waals surface area (Å²) in [6.45, 7) is 6.53. The Kier molecular flexibility index (Phi) is 4.35. The largest absolute Gasteiger partial charge is 0.309 e. The molecule has 0 spiro atoms. The third-order valence-corrected chi connectivity index (χ3v) is 2.87. The van der Waals surface area contributed by atoms with Gasteiger partial charge in [-0.25, -0.2) is 0 Å². The molecule has 1 N–H and O–H groups in total. The number of hydrogen-bond donors (Lipinski definition) is 1. The third kappa shape index (κ3) is 3.52. The minimum Gasteiger partial charge on any atom is -0.309 e. The van der Waals surface area contributed by atoms with E-state index in [0.717, 1.165) is 10.6 Å². The van der Waals surface area contributed by atoms with Gasteiger partial charge < -0.3 is 5.32 Å². The van der Waals surface area contributed by atoms with E-state index in [1.54, 1.807) is 0 Å². The van der Waals surface area contributed by atoms with E-state index in [4.69, 9.17) is 16.9 Å². The molecule has 1 rings (SSSR count). The first-order valence-electron chi connectivity index (χ1n) is 5.35. The molecule has 1 unspecified atom stereocenters. The lowest BCUT2D eigenvalue weighted by Gasteiger charge is -2.21. The van der Waals surface area contributed by atoms with Gasteiger partial charge in [-0.05, 0) is 32.4 Å². The molecule has 0 aliphatic rings. The summed E-state index contributed by atoms with van der Waals surface area (Å²) in [5, 5.41) is 13.0. The molecule has 0 bridgehead atoms. The highest BCUT2D eigenvalue weighted by Crippen LogP contribution is 2.23. The molecular weight excluding hydrogens is 220 g/mol. The SMILES string of the molecule is CC(NCC(C)(C)C#N)c1ccccc1Cl. The summed E-state index contributed by atoms with van der Waals surface area (Å²) < 4.78 is 0. The second kappa shape index (κ2) is 5.34. The van der Waals surface area contributed by atoms with Crippen LogP contribution >= 0.6 is 11.6 Å². The predicted molar refractivity (Wildman–Crippen MR) is 67.3 cm³/mol. The summed E-state index contributed by atoms with van der Waals surface area (Å²) in [5.74, 6) is 0. The normalized spacial score (nSPS) is 13.2. The van der Waals surface area contributed by atoms with E-state index in [-0.39, 0.29) is 11.5 Å². The summed E-state index contributed by atoms with van der Waals surface area (Å²) in [6, 6.07) is 10.2. The van der Waals surface area contributed by atoms with Gasteiger partial charge in [0.25, 0.3) is 0 Å². The van der Waals surface area contributed by atoms with Crippen LogP contribution in [0.15, 0.2) is 24.3 Å². The summed E-state index contributed by atoms with van der Waals surface area (Å²) in [7, 11) is 0. The minimum atomic E-state index is -0.352. The first kappa shape index (κ1) is 13.0. The average molecular weight is 237 g/mol. The molecule has 0 aliphatic heterocycles. The van der Waals surface area contributed by atoms with Gasteiger partial charge in [-0.3, -0.25) is 0 Å². The number of nitrogens with one attached hydrogen (secondary N) is 1. The maximum Gasteiger partial charge on any atom is 0.0697 e. The number of hydrogen-bond acceptors (Lipinski definition) is 2. The highest BCUT2D eigenvalue weighted by molar-refractivity contribution is 6.31. The Labute approximate surface area is 102 Å². The average Bonchev–Trinajstić information content (AvgIpc) is 2.27. The maximum atomic E-state index is 8.92. The van der Waals surface area contributed by atoms with Crippen molar-refractivity contribution in [3.05, 3.63) is 34.9 Å². The molecule has 0 fully saturated rings. The van der Waals surface area contributed by atoms with Crippen molar-refractivity contribution >= 4 is 11.6 Å². The van der Waals surface area contributed by atoms with E-state index in [1.165, 1.54) is 0 Å². The molecule has 86 valence electrons. The molecule has 2 nitrogen and oxygen atoms in total. The maximum absolute atomic E-state index is 8.92. The van der Waals surface area contributed by atoms with Crippen molar-refractivity contribution in [1.29, 1.82) is 5.26 Å². The van der Waals surface area contributed by atoms with Gasteiger partial charge in [0.2, 0.25) is 0 Å². The van der Waals surface area contributed by atoms with E-state index in [9.17, 15) is 0 Å². The molecule has 0 saturated heterocycles. The summed E-state index contributed by atoms with van der Waals surface area (Å²) in [5.41, 5.74) is 0.716. The van der Waals surface area contributed by atoms with Crippen LogP contribution in [0.5, 0.6) is 0 Å². The lowest BCUT2D eigenvalue weighted by atomic mass is 9.95. The van der Waals surface area contributed by atoms with Gasteiger partial charge in [-0.15, -0.1) is 0 Å². The molecule has 1 aromatic carbocycles. The fourth-order valence-electron chi connectivity index (χ4n) is 1.38. The third-order valence-electron chi connectivity index (χ3n) is 2.52. The molecule has 0 radical (unpaired) electrons. The smallest absolute Gasteiger partial charge is 0.0697 e. The molecule has 3 heteroatoms. The van der Waals surface area contributed by atoms with Crippen molar-refractivity contribution in [3.63, 3.8) is 0 Å². The predicted octanol–water partition coefficient (Wildman–Crippen LogP) is 3.54. The Morgan fingerprint density at radius 1 is 1.44 bits per heavy atom. The molecule has 0 saturated carbocycles. The van der Waals surface area contributed by atoms with Crippen LogP contribution in [0.2, 0.25) is 5.02 Å². The van der Waals surface area contributed by atoms with Gasteiger partial charge in [0.15, 0.2) is 0 Å². The van der Waals surface area contributed by atoms with Crippen molar-refractivity contribution < 1.29 is 0 Å². The van der Waals surface area contributed by atoms with Crippen LogP contribution in [-0.4, -0.2) is 6.54 Å². The molecule has 0 amide bonds. The van der Waals surface area contributed by atoms with Crippen LogP contribution in [0.25, 0.3) is 0 Å². The number of benzene rings is 1. The zero-order valence-corrected chi connectivity index (χ0v) is 10.7. The van der Waals surface area contributed by atoms with Crippen molar-refractivity contribution in [3.8, 4) is 6.07 Å². The molecule has 0 aromatic heterocycles. The van der Waals surface area contributed by atoms with Gasteiger partial charge in [-0.1, -0.05) is 29.8 Å². The highest BCUT2D eigenvalue weighted by atomic mass is 35.5. The summed E-state index contributed by atoms with van der Waals surface area (Å²) >= 11 is 6.10. The Morgan fingerprint density at radius 3 is 2.62 bits per heavy atom. The lowest BCUT2D eigenvalue weighted by Crippen LogP contribution is -2.30. The van der Waals surface area contributed by atoms with Crippen LogP contribution < -0.4 is 5.32 Å². The monoisotopic (exact) mass is 236 g/mol. The van der Waals surface area contributed by atoms with Gasteiger partial charge in [0, 0.05) is 17.6 Å². The lowest BCUT2D eigenvalue weighted by molar-refractivity contribution is 0.415. The summed E-state index contributed by atoms with van der Waals surface area (Å²) in [6.07, 6.45) is 0. The zero-order valence-electron chi connectivity index (χ0n) is 9.92. The molecular formula is C13H17ClN2. The Morgan fingerprint density at radius 2 is 2.06 bits per heavy atom. The van der Waals surface area contributed by atoms with Gasteiger partial charge in [-0.2, -0.15) is 5.26 Å². The number of rotatable bonds is 4. The molecule has 0 heterocycles. The first-order chi connectivity index (χ1) is 7.46. The first-order valence-corrected chi connectivity index (χ1v) is 5.73. The van der Waals surface area contributed by atoms with E-state index in [0.29, 0.717) is 6.54 Å². The fraction of sp³-hybridized carbons (Fsp3) is 0.462. The second-order valence-electron chi connectivity index (χ2n) is 4.62. The fourth-order valence-corrected chi connectivity index (χ4v) is 1.68.